The minimum absolute atomic E-state index is 0.0297. The second-order valence-electron chi connectivity index (χ2n) is 11.3. The van der Waals surface area contributed by atoms with Crippen molar-refractivity contribution in [3.8, 4) is 28.1 Å². The number of ether oxygens (including phenoxy) is 3. The summed E-state index contributed by atoms with van der Waals surface area (Å²) in [6.07, 6.45) is -3.52. The number of nitrogens with one attached hydrogen (secondary N) is 2. The van der Waals surface area contributed by atoms with E-state index in [0.717, 1.165) is 6.07 Å². The van der Waals surface area contributed by atoms with Crippen LogP contribution in [0.15, 0.2) is 36.4 Å². The first-order chi connectivity index (χ1) is 21.9. The van der Waals surface area contributed by atoms with E-state index in [4.69, 9.17) is 37.7 Å². The highest BCUT2D eigenvalue weighted by atomic mass is 35.5. The smallest absolute Gasteiger partial charge is 0.453 e. The SMILES string of the molecule is COC(=O)NC(C(=O)N1CC(C)CC1c1nc(-c2ccc(-c3cc(Cl)c(C=O)cc3OC(F)(F)F)cc2)c(Cl)[nH]1)C1CCOCC1. The van der Waals surface area contributed by atoms with Gasteiger partial charge in [0.05, 0.1) is 18.2 Å². The Kier molecular flexibility index (Phi) is 10.1. The number of likely N-dealkylation sites (tertiary alicyclic amines) is 1. The Morgan fingerprint density at radius 1 is 1.15 bits per heavy atom. The van der Waals surface area contributed by atoms with Crippen molar-refractivity contribution in [2.75, 3.05) is 26.9 Å². The summed E-state index contributed by atoms with van der Waals surface area (Å²) in [4.78, 5) is 47.0. The first kappa shape index (κ1) is 33.6. The van der Waals surface area contributed by atoms with Gasteiger partial charge in [-0.25, -0.2) is 9.78 Å². The lowest BCUT2D eigenvalue weighted by molar-refractivity contribution is -0.274. The molecule has 0 radical (unpaired) electrons. The summed E-state index contributed by atoms with van der Waals surface area (Å²) < 4.78 is 53.8. The number of aromatic nitrogens is 2. The van der Waals surface area contributed by atoms with Crippen LogP contribution in [0.5, 0.6) is 5.75 Å². The van der Waals surface area contributed by atoms with Gasteiger partial charge in [-0.05, 0) is 48.8 Å². The number of hydrogen-bond acceptors (Lipinski definition) is 7. The molecule has 3 heterocycles. The molecule has 2 aliphatic rings. The number of benzene rings is 2. The molecule has 0 bridgehead atoms. The molecule has 0 spiro atoms. The molecule has 10 nitrogen and oxygen atoms in total. The van der Waals surface area contributed by atoms with Crippen LogP contribution in [0.4, 0.5) is 18.0 Å². The number of H-pyrrole nitrogens is 1. The van der Waals surface area contributed by atoms with Gasteiger partial charge < -0.3 is 29.4 Å². The Morgan fingerprint density at radius 2 is 1.83 bits per heavy atom. The van der Waals surface area contributed by atoms with Crippen LogP contribution in [0.25, 0.3) is 22.4 Å². The first-order valence-electron chi connectivity index (χ1n) is 14.5. The molecule has 2 fully saturated rings. The molecule has 246 valence electrons. The number of nitrogens with zero attached hydrogens (tertiary/aromatic N) is 2. The van der Waals surface area contributed by atoms with Gasteiger partial charge >= 0.3 is 12.5 Å². The number of amides is 2. The molecule has 5 rings (SSSR count). The number of methoxy groups -OCH3 is 1. The molecule has 2 amide bonds. The number of imidazole rings is 1. The molecule has 0 aliphatic carbocycles. The summed E-state index contributed by atoms with van der Waals surface area (Å²) in [6.45, 7) is 3.44. The molecule has 0 saturated carbocycles. The summed E-state index contributed by atoms with van der Waals surface area (Å²) in [7, 11) is 1.24. The zero-order valence-corrected chi connectivity index (χ0v) is 26.3. The molecule has 3 atom stereocenters. The van der Waals surface area contributed by atoms with Crippen LogP contribution in [-0.4, -0.2) is 72.4 Å². The molecular weight excluding hydrogens is 652 g/mol. The first-order valence-corrected chi connectivity index (χ1v) is 15.3. The number of halogens is 5. The Bertz CT molecular complexity index is 1590. The number of aldehydes is 1. The summed E-state index contributed by atoms with van der Waals surface area (Å²) in [5.41, 5.74) is 1.16. The van der Waals surface area contributed by atoms with Gasteiger partial charge in [-0.1, -0.05) is 54.4 Å². The monoisotopic (exact) mass is 682 g/mol. The van der Waals surface area contributed by atoms with E-state index in [1.165, 1.54) is 13.2 Å². The van der Waals surface area contributed by atoms with E-state index in [1.807, 2.05) is 6.92 Å². The summed E-state index contributed by atoms with van der Waals surface area (Å²) in [5.74, 6) is -0.353. The lowest BCUT2D eigenvalue weighted by Gasteiger charge is -2.34. The van der Waals surface area contributed by atoms with Gasteiger partial charge in [0.25, 0.3) is 0 Å². The van der Waals surface area contributed by atoms with Crippen molar-refractivity contribution < 1.29 is 41.8 Å². The van der Waals surface area contributed by atoms with Crippen LogP contribution < -0.4 is 10.1 Å². The zero-order chi connectivity index (χ0) is 33.2. The van der Waals surface area contributed by atoms with E-state index in [9.17, 15) is 27.6 Å². The van der Waals surface area contributed by atoms with Crippen LogP contribution >= 0.6 is 23.2 Å². The van der Waals surface area contributed by atoms with E-state index < -0.39 is 30.3 Å². The number of aromatic amines is 1. The van der Waals surface area contributed by atoms with Crippen LogP contribution in [0.1, 0.15) is 48.4 Å². The lowest BCUT2D eigenvalue weighted by Crippen LogP contribution is -2.53. The molecule has 2 N–H and O–H groups in total. The highest BCUT2D eigenvalue weighted by Gasteiger charge is 2.42. The minimum atomic E-state index is -4.99. The second-order valence-corrected chi connectivity index (χ2v) is 12.1. The Labute approximate surface area is 272 Å². The lowest BCUT2D eigenvalue weighted by atomic mass is 9.90. The topological polar surface area (TPSA) is 123 Å². The maximum atomic E-state index is 14.0. The number of alkyl halides is 3. The van der Waals surface area contributed by atoms with Gasteiger partial charge in [0.15, 0.2) is 6.29 Å². The molecule has 3 aromatic rings. The Morgan fingerprint density at radius 3 is 2.46 bits per heavy atom. The third-order valence-corrected chi connectivity index (χ3v) is 8.77. The van der Waals surface area contributed by atoms with Crippen LogP contribution in [-0.2, 0) is 14.3 Å². The van der Waals surface area contributed by atoms with Gasteiger partial charge in [0.2, 0.25) is 5.91 Å². The van der Waals surface area contributed by atoms with E-state index in [2.05, 4.69) is 15.0 Å². The van der Waals surface area contributed by atoms with Gasteiger partial charge in [0.1, 0.15) is 28.5 Å². The van der Waals surface area contributed by atoms with Gasteiger partial charge in [-0.2, -0.15) is 0 Å². The maximum absolute atomic E-state index is 14.0. The fourth-order valence-electron chi connectivity index (χ4n) is 5.96. The largest absolute Gasteiger partial charge is 0.573 e. The molecule has 1 aromatic heterocycles. The average Bonchev–Trinajstić information content (AvgIpc) is 3.62. The second kappa shape index (κ2) is 13.9. The Balaban J connectivity index is 1.42. The fraction of sp³-hybridized carbons (Fsp3) is 0.419. The van der Waals surface area contributed by atoms with Gasteiger partial charge in [0, 0.05) is 36.4 Å². The van der Waals surface area contributed by atoms with Crippen LogP contribution in [0.3, 0.4) is 0 Å². The number of hydrogen-bond donors (Lipinski definition) is 2. The zero-order valence-electron chi connectivity index (χ0n) is 24.8. The molecule has 3 unspecified atom stereocenters. The van der Waals surface area contributed by atoms with Crippen LogP contribution in [0.2, 0.25) is 10.2 Å². The minimum Gasteiger partial charge on any atom is -0.453 e. The van der Waals surface area contributed by atoms with Crippen molar-refractivity contribution in [2.24, 2.45) is 11.8 Å². The molecule has 2 aliphatic heterocycles. The third kappa shape index (κ3) is 7.42. The van der Waals surface area contributed by atoms with E-state index in [0.29, 0.717) is 68.0 Å². The predicted octanol–water partition coefficient (Wildman–Crippen LogP) is 6.82. The Hall–Kier alpha value is -3.81. The third-order valence-electron chi connectivity index (χ3n) is 8.17. The molecule has 2 saturated heterocycles. The normalized spacial score (nSPS) is 19.5. The molecule has 15 heteroatoms. The predicted molar refractivity (Wildman–Crippen MR) is 163 cm³/mol. The summed E-state index contributed by atoms with van der Waals surface area (Å²) in [5, 5.41) is 2.90. The summed E-state index contributed by atoms with van der Waals surface area (Å²) >= 11 is 12.7. The number of rotatable bonds is 8. The van der Waals surface area contributed by atoms with Crippen molar-refractivity contribution in [1.29, 1.82) is 0 Å². The van der Waals surface area contributed by atoms with Gasteiger partial charge in [-0.15, -0.1) is 13.2 Å². The van der Waals surface area contributed by atoms with Crippen molar-refractivity contribution in [3.05, 3.63) is 58.0 Å². The van der Waals surface area contributed by atoms with Crippen molar-refractivity contribution in [2.45, 2.75) is 44.6 Å². The summed E-state index contributed by atoms with van der Waals surface area (Å²) in [6, 6.07) is 7.28. The average molecular weight is 684 g/mol. The standard InChI is InChI=1S/C31H31Cl2F3N4O6/c1-16-11-23(40(14-16)29(42)26(38-30(43)44-2)19-7-9-45-10-8-19)28-37-25(27(33)39-28)18-5-3-17(4-6-18)21-13-22(32)20(15-41)12-24(21)46-31(34,35)36/h3-6,12-13,15-16,19,23,26H,7-11,14H2,1-2H3,(H,37,39)(H,38,43). The van der Waals surface area contributed by atoms with E-state index in [1.54, 1.807) is 29.2 Å². The van der Waals surface area contributed by atoms with Crippen molar-refractivity contribution >= 4 is 41.5 Å². The molecule has 46 heavy (non-hydrogen) atoms. The number of carbonyl (C=O) groups is 3. The van der Waals surface area contributed by atoms with Crippen LogP contribution in [0, 0.1) is 11.8 Å². The van der Waals surface area contributed by atoms with E-state index >= 15 is 0 Å². The van der Waals surface area contributed by atoms with Crippen molar-refractivity contribution in [3.63, 3.8) is 0 Å². The highest BCUT2D eigenvalue weighted by Crippen LogP contribution is 2.40. The fourth-order valence-corrected chi connectivity index (χ4v) is 6.42. The van der Waals surface area contributed by atoms with Crippen molar-refractivity contribution in [1.82, 2.24) is 20.2 Å². The highest BCUT2D eigenvalue weighted by molar-refractivity contribution is 6.33. The quantitative estimate of drug-likeness (QED) is 0.250. The number of alkyl carbamates (subject to hydrolysis) is 1. The maximum Gasteiger partial charge on any atom is 0.573 e. The molecule has 2 aromatic carbocycles. The molecular formula is C31H31Cl2F3N4O6. The number of carbonyl (C=O) groups excluding carboxylic acids is 3. The van der Waals surface area contributed by atoms with Gasteiger partial charge in [-0.3, -0.25) is 9.59 Å². The van der Waals surface area contributed by atoms with E-state index in [-0.39, 0.29) is 39.0 Å².